The van der Waals surface area contributed by atoms with Gasteiger partial charge in [-0.3, -0.25) is 0 Å². The lowest BCUT2D eigenvalue weighted by molar-refractivity contribution is 0.441. The molecule has 2 aromatic rings. The minimum Gasteiger partial charge on any atom is -0.424 e. The van der Waals surface area contributed by atoms with Crippen LogP contribution in [-0.2, 0) is 13.0 Å². The van der Waals surface area contributed by atoms with Gasteiger partial charge in [-0.15, -0.1) is 10.2 Å². The second kappa shape index (κ2) is 5.54. The van der Waals surface area contributed by atoms with E-state index in [2.05, 4.69) is 15.5 Å². The largest absolute Gasteiger partial charge is 0.424 e. The molecule has 0 bridgehead atoms. The highest BCUT2D eigenvalue weighted by Crippen LogP contribution is 2.10. The second-order valence-electron chi connectivity index (χ2n) is 3.68. The molecule has 17 heavy (non-hydrogen) atoms. The SMILES string of the molecule is CCNCc1nnc(Cc2cccc(F)c2)o1. The number of aromatic nitrogens is 2. The maximum Gasteiger partial charge on any atom is 0.230 e. The van der Waals surface area contributed by atoms with E-state index in [9.17, 15) is 4.39 Å². The van der Waals surface area contributed by atoms with Gasteiger partial charge in [0.15, 0.2) is 0 Å². The fraction of sp³-hybridized carbons (Fsp3) is 0.333. The van der Waals surface area contributed by atoms with E-state index in [-0.39, 0.29) is 5.82 Å². The quantitative estimate of drug-likeness (QED) is 0.860. The first-order chi connectivity index (χ1) is 8.28. The van der Waals surface area contributed by atoms with E-state index in [1.165, 1.54) is 12.1 Å². The van der Waals surface area contributed by atoms with Crippen LogP contribution in [0.3, 0.4) is 0 Å². The van der Waals surface area contributed by atoms with Crippen LogP contribution in [0.1, 0.15) is 24.3 Å². The average molecular weight is 235 g/mol. The van der Waals surface area contributed by atoms with Crippen LogP contribution in [0.4, 0.5) is 4.39 Å². The first-order valence-electron chi connectivity index (χ1n) is 5.54. The van der Waals surface area contributed by atoms with E-state index >= 15 is 0 Å². The molecule has 0 unspecified atom stereocenters. The molecular formula is C12H14FN3O. The van der Waals surface area contributed by atoms with Crippen molar-refractivity contribution in [1.29, 1.82) is 0 Å². The molecule has 0 radical (unpaired) electrons. The van der Waals surface area contributed by atoms with Gasteiger partial charge in [0, 0.05) is 0 Å². The maximum atomic E-state index is 13.0. The minimum absolute atomic E-state index is 0.255. The summed E-state index contributed by atoms with van der Waals surface area (Å²) in [4.78, 5) is 0. The molecule has 90 valence electrons. The summed E-state index contributed by atoms with van der Waals surface area (Å²) in [5.41, 5.74) is 0.823. The predicted octanol–water partition coefficient (Wildman–Crippen LogP) is 1.91. The number of nitrogens with one attached hydrogen (secondary N) is 1. The van der Waals surface area contributed by atoms with E-state index in [0.29, 0.717) is 24.7 Å². The molecule has 0 saturated carbocycles. The summed E-state index contributed by atoms with van der Waals surface area (Å²) in [6.45, 7) is 3.41. The Morgan fingerprint density at radius 1 is 1.29 bits per heavy atom. The summed E-state index contributed by atoms with van der Waals surface area (Å²) in [5.74, 6) is 0.802. The van der Waals surface area contributed by atoms with Crippen molar-refractivity contribution in [1.82, 2.24) is 15.5 Å². The van der Waals surface area contributed by atoms with Crippen LogP contribution < -0.4 is 5.32 Å². The molecule has 1 heterocycles. The third-order valence-electron chi connectivity index (χ3n) is 2.28. The van der Waals surface area contributed by atoms with Crippen molar-refractivity contribution < 1.29 is 8.81 Å². The van der Waals surface area contributed by atoms with Crippen LogP contribution >= 0.6 is 0 Å². The van der Waals surface area contributed by atoms with E-state index < -0.39 is 0 Å². The van der Waals surface area contributed by atoms with Crippen LogP contribution in [0.2, 0.25) is 0 Å². The van der Waals surface area contributed by atoms with Crippen LogP contribution in [0.15, 0.2) is 28.7 Å². The van der Waals surface area contributed by atoms with Gasteiger partial charge in [0.2, 0.25) is 11.8 Å². The Kier molecular flexibility index (Phi) is 3.82. The van der Waals surface area contributed by atoms with Gasteiger partial charge in [0.25, 0.3) is 0 Å². The zero-order chi connectivity index (χ0) is 12.1. The van der Waals surface area contributed by atoms with E-state index in [1.807, 2.05) is 13.0 Å². The number of nitrogens with zero attached hydrogens (tertiary/aromatic N) is 2. The Hall–Kier alpha value is -1.75. The molecule has 0 saturated heterocycles. The smallest absolute Gasteiger partial charge is 0.230 e. The molecule has 0 atom stereocenters. The normalized spacial score (nSPS) is 10.7. The average Bonchev–Trinajstić information content (AvgIpc) is 2.74. The number of hydrogen-bond donors (Lipinski definition) is 1. The third kappa shape index (κ3) is 3.35. The molecule has 1 N–H and O–H groups in total. The van der Waals surface area contributed by atoms with Crippen LogP contribution in [0.25, 0.3) is 0 Å². The molecule has 0 amide bonds. The lowest BCUT2D eigenvalue weighted by Gasteiger charge is -1.97. The van der Waals surface area contributed by atoms with Gasteiger partial charge in [-0.1, -0.05) is 19.1 Å². The maximum absolute atomic E-state index is 13.0. The van der Waals surface area contributed by atoms with Crippen LogP contribution in [-0.4, -0.2) is 16.7 Å². The Balaban J connectivity index is 2.01. The molecule has 0 aliphatic rings. The van der Waals surface area contributed by atoms with Crippen molar-refractivity contribution in [3.8, 4) is 0 Å². The first-order valence-corrected chi connectivity index (χ1v) is 5.54. The third-order valence-corrected chi connectivity index (χ3v) is 2.28. The highest BCUT2D eigenvalue weighted by molar-refractivity contribution is 5.19. The lowest BCUT2D eigenvalue weighted by atomic mass is 10.1. The zero-order valence-electron chi connectivity index (χ0n) is 9.61. The van der Waals surface area contributed by atoms with Crippen molar-refractivity contribution in [2.45, 2.75) is 19.9 Å². The van der Waals surface area contributed by atoms with Crippen molar-refractivity contribution in [2.24, 2.45) is 0 Å². The lowest BCUT2D eigenvalue weighted by Crippen LogP contribution is -2.11. The molecule has 0 spiro atoms. The summed E-state index contributed by atoms with van der Waals surface area (Å²) in [5, 5.41) is 10.9. The Morgan fingerprint density at radius 2 is 2.12 bits per heavy atom. The molecule has 5 heteroatoms. The summed E-state index contributed by atoms with van der Waals surface area (Å²) in [6.07, 6.45) is 0.455. The van der Waals surface area contributed by atoms with Gasteiger partial charge >= 0.3 is 0 Å². The Bertz CT molecular complexity index is 484. The fourth-order valence-corrected chi connectivity index (χ4v) is 1.48. The van der Waals surface area contributed by atoms with Crippen LogP contribution in [0.5, 0.6) is 0 Å². The molecule has 1 aromatic carbocycles. The number of benzene rings is 1. The van der Waals surface area contributed by atoms with E-state index in [0.717, 1.165) is 12.1 Å². The summed E-state index contributed by atoms with van der Waals surface area (Å²) in [7, 11) is 0. The summed E-state index contributed by atoms with van der Waals surface area (Å²) < 4.78 is 18.4. The first kappa shape index (κ1) is 11.7. The molecule has 1 aromatic heterocycles. The second-order valence-corrected chi connectivity index (χ2v) is 3.68. The predicted molar refractivity (Wildman–Crippen MR) is 60.9 cm³/mol. The molecule has 2 rings (SSSR count). The minimum atomic E-state index is -0.255. The molecule has 0 aliphatic carbocycles. The fourth-order valence-electron chi connectivity index (χ4n) is 1.48. The zero-order valence-corrected chi connectivity index (χ0v) is 9.61. The number of halogens is 1. The van der Waals surface area contributed by atoms with E-state index in [1.54, 1.807) is 6.07 Å². The van der Waals surface area contributed by atoms with Gasteiger partial charge in [0.1, 0.15) is 5.82 Å². The van der Waals surface area contributed by atoms with E-state index in [4.69, 9.17) is 4.42 Å². The van der Waals surface area contributed by atoms with Gasteiger partial charge in [-0.05, 0) is 24.2 Å². The molecule has 0 fully saturated rings. The Labute approximate surface area is 98.9 Å². The van der Waals surface area contributed by atoms with Crippen LogP contribution in [0, 0.1) is 5.82 Å². The van der Waals surface area contributed by atoms with Crippen molar-refractivity contribution in [3.05, 3.63) is 47.4 Å². The van der Waals surface area contributed by atoms with Gasteiger partial charge in [0.05, 0.1) is 13.0 Å². The summed E-state index contributed by atoms with van der Waals surface area (Å²) >= 11 is 0. The van der Waals surface area contributed by atoms with Gasteiger partial charge in [-0.2, -0.15) is 0 Å². The number of rotatable bonds is 5. The molecule has 0 aliphatic heterocycles. The topological polar surface area (TPSA) is 51.0 Å². The standard InChI is InChI=1S/C12H14FN3O/c1-2-14-8-12-16-15-11(17-12)7-9-4-3-5-10(13)6-9/h3-6,14H,2,7-8H2,1H3. The molecular weight excluding hydrogens is 221 g/mol. The van der Waals surface area contributed by atoms with Crippen molar-refractivity contribution >= 4 is 0 Å². The highest BCUT2D eigenvalue weighted by atomic mass is 19.1. The Morgan fingerprint density at radius 3 is 2.88 bits per heavy atom. The highest BCUT2D eigenvalue weighted by Gasteiger charge is 2.06. The number of hydrogen-bond acceptors (Lipinski definition) is 4. The monoisotopic (exact) mass is 235 g/mol. The van der Waals surface area contributed by atoms with Crippen molar-refractivity contribution in [2.75, 3.05) is 6.54 Å². The van der Waals surface area contributed by atoms with Gasteiger partial charge in [-0.25, -0.2) is 4.39 Å². The van der Waals surface area contributed by atoms with Crippen molar-refractivity contribution in [3.63, 3.8) is 0 Å². The molecule has 4 nitrogen and oxygen atoms in total. The van der Waals surface area contributed by atoms with Gasteiger partial charge < -0.3 is 9.73 Å². The summed E-state index contributed by atoms with van der Waals surface area (Å²) in [6, 6.07) is 6.37.